The van der Waals surface area contributed by atoms with Crippen LogP contribution in [0.15, 0.2) is 72.8 Å². The number of unbranched alkanes of at least 4 members (excludes halogenated alkanes) is 4. The summed E-state index contributed by atoms with van der Waals surface area (Å²) in [6.45, 7) is 26.7. The van der Waals surface area contributed by atoms with Gasteiger partial charge in [0, 0.05) is 19.5 Å². The lowest BCUT2D eigenvalue weighted by atomic mass is 10.0. The summed E-state index contributed by atoms with van der Waals surface area (Å²) in [5.41, 5.74) is 4.51. The van der Waals surface area contributed by atoms with Gasteiger partial charge in [-0.1, -0.05) is 162 Å². The maximum absolute atomic E-state index is 12.8. The topological polar surface area (TPSA) is 110 Å². The Kier molecular flexibility index (Phi) is 37.6. The van der Waals surface area contributed by atoms with Gasteiger partial charge in [0.15, 0.2) is 0 Å². The van der Waals surface area contributed by atoms with Gasteiger partial charge in [-0.05, 0) is 81.3 Å². The molecule has 3 rings (SSSR count). The van der Waals surface area contributed by atoms with Crippen molar-refractivity contribution in [1.29, 1.82) is 0 Å². The molecule has 0 aliphatic rings. The molecule has 3 aromatic rings. The fraction of sp³-hybridized carbons (Fsp3) is 0.562. The number of benzene rings is 3. The number of hydrogen-bond donors (Lipinski definition) is 3. The average Bonchev–Trinajstić information content (AvgIpc) is 3.21. The van der Waals surface area contributed by atoms with Gasteiger partial charge in [0.05, 0.1) is 6.54 Å². The molecular formula is C48H81N3O5. The van der Waals surface area contributed by atoms with Crippen LogP contribution < -0.4 is 5.32 Å². The molecule has 8 nitrogen and oxygen atoms in total. The van der Waals surface area contributed by atoms with Crippen LogP contribution in [0.4, 0.5) is 4.79 Å². The number of nitrogens with zero attached hydrogens (tertiary/aromatic N) is 2. The Balaban J connectivity index is -0.000000769. The zero-order chi connectivity index (χ0) is 43.3. The van der Waals surface area contributed by atoms with Gasteiger partial charge >= 0.3 is 6.03 Å². The second kappa shape index (κ2) is 37.6. The molecule has 318 valence electrons. The summed E-state index contributed by atoms with van der Waals surface area (Å²) in [6, 6.07) is 22.3. The number of Topliss-reactive ketones (excluding diaryl/α,β-unsaturated/α-hetero) is 1. The second-order valence-corrected chi connectivity index (χ2v) is 13.0. The maximum atomic E-state index is 12.8. The minimum Gasteiger partial charge on any atom is -0.508 e. The van der Waals surface area contributed by atoms with E-state index in [4.69, 9.17) is 5.11 Å². The van der Waals surface area contributed by atoms with Gasteiger partial charge in [-0.25, -0.2) is 4.79 Å². The van der Waals surface area contributed by atoms with Gasteiger partial charge in [0.2, 0.25) is 5.91 Å². The Morgan fingerprint density at radius 2 is 1.25 bits per heavy atom. The zero-order valence-electron chi connectivity index (χ0n) is 37.7. The lowest BCUT2D eigenvalue weighted by Crippen LogP contribution is -2.56. The number of carbonyl (C=O) groups is 3. The number of aryl methyl sites for hydroxylation is 2. The van der Waals surface area contributed by atoms with Gasteiger partial charge in [0.25, 0.3) is 0 Å². The van der Waals surface area contributed by atoms with E-state index in [1.54, 1.807) is 30.0 Å². The number of nitrogens with one attached hydrogen (secondary N) is 1. The maximum Gasteiger partial charge on any atom is 0.319 e. The molecule has 3 N–H and O–H groups in total. The third-order valence-corrected chi connectivity index (χ3v) is 8.32. The van der Waals surface area contributed by atoms with Crippen molar-refractivity contribution in [2.45, 2.75) is 167 Å². The molecule has 0 saturated heterocycles. The number of phenolic OH excluding ortho intramolecular Hbond substituents is 2. The standard InChI is InChI=1S/C20H31N3O3.C12H18O.C7H8O.C5H12.2C2H6/c1-5-13-22(20(26)21-14-17-11-9-8-10-12-17)18(6-2)23(15-16(4)24)19(25)7-3;1-3-4-5-7-11-8-6-9-12(13)10(11)2;1-6-2-4-7(8)5-3-6;1-3-5-4-2;2*1-2/h8-12,18H,5-7,13-15H2,1-4H3,(H,21,26);6,8-9,13H,3-5,7H2,1-2H3;2-5,8H,1H3;3-5H2,1-2H3;2*1-2H3. The SMILES string of the molecule is CC.CC.CCCCC.CCCCCc1cccc(O)c1C.CCCN(C(=O)NCc1ccccc1)C(CC)N(CC(C)=O)C(=O)CC.Cc1ccc(O)cc1. The van der Waals surface area contributed by atoms with E-state index >= 15 is 0 Å². The number of phenols is 2. The molecule has 0 heterocycles. The van der Waals surface area contributed by atoms with Crippen molar-refractivity contribution >= 4 is 17.7 Å². The van der Waals surface area contributed by atoms with Crippen LogP contribution in [0.1, 0.15) is 156 Å². The summed E-state index contributed by atoms with van der Waals surface area (Å²) < 4.78 is 0. The Hall–Kier alpha value is -4.33. The highest BCUT2D eigenvalue weighted by Crippen LogP contribution is 2.21. The predicted molar refractivity (Wildman–Crippen MR) is 239 cm³/mol. The van der Waals surface area contributed by atoms with E-state index in [0.717, 1.165) is 24.0 Å². The third-order valence-electron chi connectivity index (χ3n) is 8.32. The molecule has 0 aliphatic carbocycles. The van der Waals surface area contributed by atoms with Crippen molar-refractivity contribution in [3.8, 4) is 11.5 Å². The van der Waals surface area contributed by atoms with Crippen molar-refractivity contribution in [1.82, 2.24) is 15.1 Å². The van der Waals surface area contributed by atoms with Crippen LogP contribution >= 0.6 is 0 Å². The van der Waals surface area contributed by atoms with Gasteiger partial charge in [-0.3, -0.25) is 9.59 Å². The van der Waals surface area contributed by atoms with Crippen molar-refractivity contribution in [3.05, 3.63) is 95.1 Å². The van der Waals surface area contributed by atoms with E-state index in [1.807, 2.05) is 104 Å². The van der Waals surface area contributed by atoms with Crippen molar-refractivity contribution in [2.75, 3.05) is 13.1 Å². The highest BCUT2D eigenvalue weighted by Gasteiger charge is 2.30. The average molecular weight is 780 g/mol. The predicted octanol–water partition coefficient (Wildman–Crippen LogP) is 12.6. The third kappa shape index (κ3) is 26.5. The fourth-order valence-corrected chi connectivity index (χ4v) is 5.32. The second-order valence-electron chi connectivity index (χ2n) is 13.0. The van der Waals surface area contributed by atoms with Crippen LogP contribution in [0.2, 0.25) is 0 Å². The summed E-state index contributed by atoms with van der Waals surface area (Å²) in [4.78, 5) is 40.0. The van der Waals surface area contributed by atoms with Crippen LogP contribution in [0.3, 0.4) is 0 Å². The van der Waals surface area contributed by atoms with Crippen molar-refractivity contribution < 1.29 is 24.6 Å². The van der Waals surface area contributed by atoms with E-state index in [1.165, 1.54) is 61.5 Å². The van der Waals surface area contributed by atoms with Crippen molar-refractivity contribution in [2.24, 2.45) is 0 Å². The monoisotopic (exact) mass is 780 g/mol. The van der Waals surface area contributed by atoms with Crippen LogP contribution in [-0.4, -0.2) is 57.0 Å². The first-order valence-electron chi connectivity index (χ1n) is 21.3. The molecule has 0 bridgehead atoms. The van der Waals surface area contributed by atoms with Crippen LogP contribution in [0, 0.1) is 13.8 Å². The van der Waals surface area contributed by atoms with E-state index in [9.17, 15) is 19.5 Å². The van der Waals surface area contributed by atoms with E-state index < -0.39 is 6.17 Å². The molecule has 0 saturated carbocycles. The van der Waals surface area contributed by atoms with Gasteiger partial charge in [0.1, 0.15) is 23.4 Å². The number of rotatable bonds is 16. The van der Waals surface area contributed by atoms with Crippen molar-refractivity contribution in [3.63, 3.8) is 0 Å². The van der Waals surface area contributed by atoms with Gasteiger partial charge in [-0.15, -0.1) is 0 Å². The molecule has 0 aliphatic heterocycles. The lowest BCUT2D eigenvalue weighted by Gasteiger charge is -2.39. The number of aromatic hydroxyl groups is 2. The summed E-state index contributed by atoms with van der Waals surface area (Å²) in [5, 5.41) is 21.1. The summed E-state index contributed by atoms with van der Waals surface area (Å²) in [5.74, 6) is 0.542. The highest BCUT2D eigenvalue weighted by atomic mass is 16.3. The fourth-order valence-electron chi connectivity index (χ4n) is 5.32. The summed E-state index contributed by atoms with van der Waals surface area (Å²) in [6.07, 6.45) is 10.1. The molecule has 1 atom stereocenters. The number of urea groups is 1. The summed E-state index contributed by atoms with van der Waals surface area (Å²) in [7, 11) is 0. The molecule has 0 aromatic heterocycles. The molecule has 8 heteroatoms. The summed E-state index contributed by atoms with van der Waals surface area (Å²) >= 11 is 0. The van der Waals surface area contributed by atoms with Gasteiger partial charge < -0.3 is 25.3 Å². The smallest absolute Gasteiger partial charge is 0.319 e. The Bertz CT molecular complexity index is 1360. The number of ketones is 1. The number of hydrogen-bond acceptors (Lipinski definition) is 5. The van der Waals surface area contributed by atoms with E-state index in [-0.39, 0.29) is 24.3 Å². The molecule has 1 unspecified atom stereocenters. The zero-order valence-corrected chi connectivity index (χ0v) is 37.7. The van der Waals surface area contributed by atoms with E-state index in [0.29, 0.717) is 37.4 Å². The van der Waals surface area contributed by atoms with E-state index in [2.05, 4.69) is 32.2 Å². The van der Waals surface area contributed by atoms with Crippen LogP contribution in [0.25, 0.3) is 0 Å². The van der Waals surface area contributed by atoms with Crippen LogP contribution in [0.5, 0.6) is 11.5 Å². The molecule has 0 fully saturated rings. The molecule has 0 radical (unpaired) electrons. The molecule has 3 aromatic carbocycles. The quantitative estimate of drug-likeness (QED) is 0.0990. The molecule has 56 heavy (non-hydrogen) atoms. The Labute approximate surface area is 343 Å². The minimum atomic E-state index is -0.429. The molecule has 0 spiro atoms. The molecular weight excluding hydrogens is 699 g/mol. The molecule has 3 amide bonds. The number of carbonyl (C=O) groups excluding carboxylic acids is 3. The first kappa shape index (κ1) is 56.0. The Morgan fingerprint density at radius 3 is 1.70 bits per heavy atom. The minimum absolute atomic E-state index is 0.0252. The Morgan fingerprint density at radius 1 is 0.679 bits per heavy atom. The lowest BCUT2D eigenvalue weighted by molar-refractivity contribution is -0.140. The van der Waals surface area contributed by atoms with Gasteiger partial charge in [-0.2, -0.15) is 0 Å². The normalized spacial score (nSPS) is 10.0. The first-order chi connectivity index (χ1) is 26.9. The first-order valence-corrected chi connectivity index (χ1v) is 21.3. The number of amides is 3. The van der Waals surface area contributed by atoms with Crippen LogP contribution in [-0.2, 0) is 22.6 Å². The highest BCUT2D eigenvalue weighted by molar-refractivity contribution is 5.85. The largest absolute Gasteiger partial charge is 0.508 e.